The van der Waals surface area contributed by atoms with E-state index in [0.717, 1.165) is 26.1 Å². The Kier molecular flexibility index (Phi) is 6.46. The Labute approximate surface area is 177 Å². The molecule has 2 aromatic carbocycles. The first-order valence-corrected chi connectivity index (χ1v) is 10.5. The van der Waals surface area contributed by atoms with Gasteiger partial charge in [-0.3, -0.25) is 0 Å². The van der Waals surface area contributed by atoms with E-state index >= 15 is 0 Å². The summed E-state index contributed by atoms with van der Waals surface area (Å²) in [6.07, 6.45) is 0. The molecule has 0 saturated carbocycles. The number of ether oxygens (including phenoxy) is 1. The molecular weight excluding hydrogens is 440 g/mol. The predicted molar refractivity (Wildman–Crippen MR) is 114 cm³/mol. The van der Waals surface area contributed by atoms with Gasteiger partial charge in [0.05, 0.1) is 18.7 Å². The molecule has 0 fully saturated rings. The number of carbonyl (C=O) groups excluding carboxylic acids is 2. The van der Waals surface area contributed by atoms with Crippen molar-refractivity contribution in [2.24, 2.45) is 0 Å². The largest absolute Gasteiger partial charge is 0.466 e. The molecule has 1 heterocycles. The van der Waals surface area contributed by atoms with E-state index in [1.165, 1.54) is 7.11 Å². The highest BCUT2D eigenvalue weighted by Gasteiger charge is 2.34. The Bertz CT molecular complexity index is 941. The van der Waals surface area contributed by atoms with Gasteiger partial charge in [0.15, 0.2) is 0 Å². The summed E-state index contributed by atoms with van der Waals surface area (Å²) in [6, 6.07) is 13.0. The van der Waals surface area contributed by atoms with Crippen molar-refractivity contribution in [1.29, 1.82) is 0 Å². The molecule has 1 aliphatic rings. The molecule has 5 nitrogen and oxygen atoms in total. The smallest absolute Gasteiger partial charge is 0.338 e. The number of aryl methyl sites for hydroxylation is 2. The third-order valence-electron chi connectivity index (χ3n) is 4.49. The van der Waals surface area contributed by atoms with E-state index in [1.54, 1.807) is 11.8 Å². The molecule has 28 heavy (non-hydrogen) atoms. The van der Waals surface area contributed by atoms with E-state index in [9.17, 15) is 9.59 Å². The molecule has 3 rings (SSSR count). The minimum absolute atomic E-state index is 0.330. The first-order chi connectivity index (χ1) is 13.4. The average Bonchev–Trinajstić information content (AvgIpc) is 2.66. The minimum atomic E-state index is -0.553. The van der Waals surface area contributed by atoms with Crippen LogP contribution in [0.3, 0.4) is 0 Å². The number of halogens is 1. The maximum atomic E-state index is 12.6. The summed E-state index contributed by atoms with van der Waals surface area (Å²) < 4.78 is 6.03. The van der Waals surface area contributed by atoms with E-state index in [2.05, 4.69) is 26.6 Å². The Hall–Kier alpha value is -2.25. The normalized spacial score (nSPS) is 16.4. The number of esters is 1. The molecule has 1 unspecified atom stereocenters. The van der Waals surface area contributed by atoms with Gasteiger partial charge in [0, 0.05) is 20.8 Å². The lowest BCUT2D eigenvalue weighted by molar-refractivity contribution is -0.136. The first kappa shape index (κ1) is 20.5. The zero-order chi connectivity index (χ0) is 20.3. The fraction of sp³-hybridized carbons (Fsp3) is 0.238. The number of amides is 2. The molecule has 0 radical (unpaired) electrons. The van der Waals surface area contributed by atoms with Crippen molar-refractivity contribution in [2.75, 3.05) is 12.9 Å². The average molecular weight is 461 g/mol. The van der Waals surface area contributed by atoms with Gasteiger partial charge in [-0.2, -0.15) is 0 Å². The lowest BCUT2D eigenvalue weighted by Crippen LogP contribution is -2.46. The van der Waals surface area contributed by atoms with Crippen LogP contribution >= 0.6 is 27.7 Å². The fourth-order valence-corrected chi connectivity index (χ4v) is 4.28. The molecule has 0 aromatic heterocycles. The molecule has 0 aliphatic carbocycles. The zero-order valence-corrected chi connectivity index (χ0v) is 18.2. The standard InChI is InChI=1S/C21H21BrN2O3S/c1-12-4-9-16(13(2)10-12)19-18(20(25)27-3)17(23-21(26)24-19)11-28-15-7-5-14(22)6-8-15/h4-10,19H,11H2,1-3H3,(H2,23,24,26). The van der Waals surface area contributed by atoms with Gasteiger partial charge in [-0.15, -0.1) is 11.8 Å². The molecule has 1 aliphatic heterocycles. The number of methoxy groups -OCH3 is 1. The van der Waals surface area contributed by atoms with E-state index in [0.29, 0.717) is 17.0 Å². The summed E-state index contributed by atoms with van der Waals surface area (Å²) in [7, 11) is 1.35. The summed E-state index contributed by atoms with van der Waals surface area (Å²) >= 11 is 4.96. The van der Waals surface area contributed by atoms with Crippen molar-refractivity contribution in [3.05, 3.63) is 74.9 Å². The second-order valence-electron chi connectivity index (χ2n) is 6.52. The monoisotopic (exact) mass is 460 g/mol. The van der Waals surface area contributed by atoms with Gasteiger partial charge in [-0.1, -0.05) is 39.7 Å². The molecule has 0 spiro atoms. The van der Waals surface area contributed by atoms with Gasteiger partial charge < -0.3 is 15.4 Å². The molecule has 2 aromatic rings. The summed E-state index contributed by atoms with van der Waals surface area (Å²) in [6.45, 7) is 3.98. The van der Waals surface area contributed by atoms with Crippen LogP contribution in [0.1, 0.15) is 22.7 Å². The third-order valence-corrected chi connectivity index (χ3v) is 6.06. The Morgan fingerprint density at radius 3 is 2.54 bits per heavy atom. The van der Waals surface area contributed by atoms with E-state index < -0.39 is 12.0 Å². The molecule has 0 bridgehead atoms. The summed E-state index contributed by atoms with van der Waals surface area (Å²) in [5.74, 6) is -0.00941. The lowest BCUT2D eigenvalue weighted by Gasteiger charge is -2.30. The van der Waals surface area contributed by atoms with Crippen molar-refractivity contribution in [2.45, 2.75) is 24.8 Å². The van der Waals surface area contributed by atoms with Crippen LogP contribution in [0.5, 0.6) is 0 Å². The van der Waals surface area contributed by atoms with E-state index in [4.69, 9.17) is 4.74 Å². The van der Waals surface area contributed by atoms with Crippen molar-refractivity contribution in [3.63, 3.8) is 0 Å². The molecule has 2 N–H and O–H groups in total. The second kappa shape index (κ2) is 8.84. The zero-order valence-electron chi connectivity index (χ0n) is 15.8. The molecule has 0 saturated heterocycles. The third kappa shape index (κ3) is 4.59. The quantitative estimate of drug-likeness (QED) is 0.503. The summed E-state index contributed by atoms with van der Waals surface area (Å²) in [5, 5.41) is 5.66. The van der Waals surface area contributed by atoms with Gasteiger partial charge in [0.1, 0.15) is 0 Å². The maximum absolute atomic E-state index is 12.6. The highest BCUT2D eigenvalue weighted by atomic mass is 79.9. The van der Waals surface area contributed by atoms with Crippen LogP contribution in [-0.4, -0.2) is 24.9 Å². The molecular formula is C21H21BrN2O3S. The van der Waals surface area contributed by atoms with E-state index in [1.807, 2.05) is 56.3 Å². The number of benzene rings is 2. The van der Waals surface area contributed by atoms with Gasteiger partial charge in [-0.05, 0) is 49.2 Å². The number of urea groups is 1. The number of thioether (sulfide) groups is 1. The Balaban J connectivity index is 1.98. The second-order valence-corrected chi connectivity index (χ2v) is 8.48. The molecule has 2 amide bonds. The van der Waals surface area contributed by atoms with Gasteiger partial charge in [-0.25, -0.2) is 9.59 Å². The Morgan fingerprint density at radius 2 is 1.89 bits per heavy atom. The maximum Gasteiger partial charge on any atom is 0.338 e. The molecule has 146 valence electrons. The fourth-order valence-electron chi connectivity index (χ4n) is 3.15. The number of nitrogens with one attached hydrogen (secondary N) is 2. The lowest BCUT2D eigenvalue weighted by atomic mass is 9.91. The van der Waals surface area contributed by atoms with Gasteiger partial charge in [0.2, 0.25) is 0 Å². The van der Waals surface area contributed by atoms with Crippen LogP contribution in [-0.2, 0) is 9.53 Å². The first-order valence-electron chi connectivity index (χ1n) is 8.73. The van der Waals surface area contributed by atoms with Crippen LogP contribution in [0.2, 0.25) is 0 Å². The van der Waals surface area contributed by atoms with E-state index in [-0.39, 0.29) is 6.03 Å². The van der Waals surface area contributed by atoms with Crippen LogP contribution in [0.4, 0.5) is 4.79 Å². The number of rotatable bonds is 5. The van der Waals surface area contributed by atoms with Gasteiger partial charge in [0.25, 0.3) is 0 Å². The van der Waals surface area contributed by atoms with Crippen molar-refractivity contribution < 1.29 is 14.3 Å². The van der Waals surface area contributed by atoms with Crippen LogP contribution in [0, 0.1) is 13.8 Å². The summed E-state index contributed by atoms with van der Waals surface area (Å²) in [4.78, 5) is 26.0. The van der Waals surface area contributed by atoms with Crippen LogP contribution < -0.4 is 10.6 Å². The molecule has 7 heteroatoms. The topological polar surface area (TPSA) is 67.4 Å². The van der Waals surface area contributed by atoms with Crippen molar-refractivity contribution in [3.8, 4) is 0 Å². The summed E-state index contributed by atoms with van der Waals surface area (Å²) in [5.41, 5.74) is 4.00. The number of hydrogen-bond acceptors (Lipinski definition) is 4. The Morgan fingerprint density at radius 1 is 1.18 bits per heavy atom. The van der Waals surface area contributed by atoms with Crippen LogP contribution in [0.25, 0.3) is 0 Å². The van der Waals surface area contributed by atoms with Crippen molar-refractivity contribution in [1.82, 2.24) is 10.6 Å². The number of hydrogen-bond donors (Lipinski definition) is 2. The highest BCUT2D eigenvalue weighted by Crippen LogP contribution is 2.32. The highest BCUT2D eigenvalue weighted by molar-refractivity contribution is 9.10. The van der Waals surface area contributed by atoms with Crippen LogP contribution in [0.15, 0.2) is 63.1 Å². The number of carbonyl (C=O) groups is 2. The van der Waals surface area contributed by atoms with Gasteiger partial charge >= 0.3 is 12.0 Å². The SMILES string of the molecule is COC(=O)C1=C(CSc2ccc(Br)cc2)NC(=O)NC1c1ccc(C)cc1C. The van der Waals surface area contributed by atoms with Crippen molar-refractivity contribution >= 4 is 39.7 Å². The predicted octanol–water partition coefficient (Wildman–Crippen LogP) is 4.64. The minimum Gasteiger partial charge on any atom is -0.466 e. The molecule has 1 atom stereocenters.